The molecule has 19 heavy (non-hydrogen) atoms. The molecule has 1 heterocycles. The SMILES string of the molecule is CCCn1ccnc(NCC2CCC(Cl)CC2)c1=O. The molecule has 5 heteroatoms. The molecule has 1 aliphatic rings. The molecule has 0 aliphatic heterocycles. The van der Waals surface area contributed by atoms with Gasteiger partial charge in [-0.25, -0.2) is 4.98 Å². The summed E-state index contributed by atoms with van der Waals surface area (Å²) in [7, 11) is 0. The summed E-state index contributed by atoms with van der Waals surface area (Å²) in [6.07, 6.45) is 8.81. The highest BCUT2D eigenvalue weighted by Crippen LogP contribution is 2.27. The van der Waals surface area contributed by atoms with Gasteiger partial charge in [0.05, 0.1) is 0 Å². The van der Waals surface area contributed by atoms with Crippen molar-refractivity contribution in [1.82, 2.24) is 9.55 Å². The van der Waals surface area contributed by atoms with Gasteiger partial charge in [-0.3, -0.25) is 4.79 Å². The van der Waals surface area contributed by atoms with E-state index in [9.17, 15) is 4.79 Å². The van der Waals surface area contributed by atoms with Gasteiger partial charge in [-0.05, 0) is 38.0 Å². The first-order valence-corrected chi connectivity index (χ1v) is 7.57. The van der Waals surface area contributed by atoms with Crippen LogP contribution >= 0.6 is 11.6 Å². The Kier molecular flexibility index (Phi) is 5.25. The molecule has 1 N–H and O–H groups in total. The van der Waals surface area contributed by atoms with E-state index in [1.54, 1.807) is 17.0 Å². The van der Waals surface area contributed by atoms with Crippen LogP contribution in [0.5, 0.6) is 0 Å². The summed E-state index contributed by atoms with van der Waals surface area (Å²) in [5.41, 5.74) is -0.0182. The van der Waals surface area contributed by atoms with Crippen molar-refractivity contribution in [3.8, 4) is 0 Å². The average molecular weight is 284 g/mol. The van der Waals surface area contributed by atoms with Crippen LogP contribution in [0.2, 0.25) is 0 Å². The molecular weight excluding hydrogens is 262 g/mol. The van der Waals surface area contributed by atoms with Crippen LogP contribution < -0.4 is 10.9 Å². The standard InChI is InChI=1S/C14H22ClN3O/c1-2-8-18-9-7-16-13(14(18)19)17-10-11-3-5-12(15)6-4-11/h7,9,11-12H,2-6,8,10H2,1H3,(H,16,17). The van der Waals surface area contributed by atoms with E-state index in [4.69, 9.17) is 11.6 Å². The van der Waals surface area contributed by atoms with Gasteiger partial charge in [0, 0.05) is 30.9 Å². The minimum atomic E-state index is -0.0182. The van der Waals surface area contributed by atoms with Gasteiger partial charge in [0.25, 0.3) is 5.56 Å². The molecule has 1 aromatic heterocycles. The number of alkyl halides is 1. The maximum atomic E-state index is 12.1. The van der Waals surface area contributed by atoms with E-state index in [1.807, 2.05) is 0 Å². The highest BCUT2D eigenvalue weighted by atomic mass is 35.5. The molecule has 0 bridgehead atoms. The second kappa shape index (κ2) is 6.94. The summed E-state index contributed by atoms with van der Waals surface area (Å²) in [5, 5.41) is 3.55. The van der Waals surface area contributed by atoms with Gasteiger partial charge < -0.3 is 9.88 Å². The molecule has 0 aromatic carbocycles. The molecule has 0 spiro atoms. The normalized spacial score (nSPS) is 23.3. The summed E-state index contributed by atoms with van der Waals surface area (Å²) in [5.74, 6) is 1.08. The Morgan fingerprint density at radius 2 is 2.16 bits per heavy atom. The maximum Gasteiger partial charge on any atom is 0.293 e. The minimum absolute atomic E-state index is 0.0182. The molecule has 0 radical (unpaired) electrons. The summed E-state index contributed by atoms with van der Waals surface area (Å²) < 4.78 is 1.71. The molecule has 1 fully saturated rings. The van der Waals surface area contributed by atoms with Crippen LogP contribution in [0, 0.1) is 5.92 Å². The number of rotatable bonds is 5. The number of anilines is 1. The smallest absolute Gasteiger partial charge is 0.293 e. The number of hydrogen-bond donors (Lipinski definition) is 1. The van der Waals surface area contributed by atoms with Crippen molar-refractivity contribution in [2.45, 2.75) is 50.9 Å². The lowest BCUT2D eigenvalue weighted by Gasteiger charge is -2.25. The first kappa shape index (κ1) is 14.4. The molecule has 2 rings (SSSR count). The Hall–Kier alpha value is -1.03. The molecule has 0 saturated heterocycles. The Balaban J connectivity index is 1.92. The molecule has 4 nitrogen and oxygen atoms in total. The molecular formula is C14H22ClN3O. The predicted molar refractivity (Wildman–Crippen MR) is 78.9 cm³/mol. The maximum absolute atomic E-state index is 12.1. The second-order valence-corrected chi connectivity index (χ2v) is 5.89. The van der Waals surface area contributed by atoms with E-state index in [1.165, 1.54) is 0 Å². The number of nitrogens with zero attached hydrogens (tertiary/aromatic N) is 2. The van der Waals surface area contributed by atoms with Gasteiger partial charge in [0.15, 0.2) is 5.82 Å². The fourth-order valence-corrected chi connectivity index (χ4v) is 2.80. The van der Waals surface area contributed by atoms with Gasteiger partial charge >= 0.3 is 0 Å². The van der Waals surface area contributed by atoms with Crippen LogP contribution in [0.15, 0.2) is 17.2 Å². The lowest BCUT2D eigenvalue weighted by Crippen LogP contribution is -2.28. The second-order valence-electron chi connectivity index (χ2n) is 5.27. The monoisotopic (exact) mass is 283 g/mol. The summed E-state index contributed by atoms with van der Waals surface area (Å²) in [6, 6.07) is 0. The van der Waals surface area contributed by atoms with Crippen LogP contribution in [0.4, 0.5) is 5.82 Å². The van der Waals surface area contributed by atoms with Gasteiger partial charge in [-0.15, -0.1) is 11.6 Å². The number of nitrogens with one attached hydrogen (secondary N) is 1. The zero-order chi connectivity index (χ0) is 13.7. The van der Waals surface area contributed by atoms with Crippen molar-refractivity contribution >= 4 is 17.4 Å². The molecule has 0 atom stereocenters. The van der Waals surface area contributed by atoms with Crippen molar-refractivity contribution in [1.29, 1.82) is 0 Å². The topological polar surface area (TPSA) is 46.9 Å². The van der Waals surface area contributed by atoms with Gasteiger partial charge in [-0.2, -0.15) is 0 Å². The minimum Gasteiger partial charge on any atom is -0.365 e. The van der Waals surface area contributed by atoms with Crippen LogP contribution in [0.25, 0.3) is 0 Å². The lowest BCUT2D eigenvalue weighted by molar-refractivity contribution is 0.377. The van der Waals surface area contributed by atoms with Crippen LogP contribution in [-0.4, -0.2) is 21.5 Å². The fraction of sp³-hybridized carbons (Fsp3) is 0.714. The van der Waals surface area contributed by atoms with Crippen molar-refractivity contribution in [3.05, 3.63) is 22.7 Å². The van der Waals surface area contributed by atoms with E-state index in [-0.39, 0.29) is 5.56 Å². The highest BCUT2D eigenvalue weighted by Gasteiger charge is 2.19. The molecule has 106 valence electrons. The summed E-state index contributed by atoms with van der Waals surface area (Å²) in [6.45, 7) is 3.62. The predicted octanol–water partition coefficient (Wildman–Crippen LogP) is 2.86. The number of hydrogen-bond acceptors (Lipinski definition) is 3. The third-order valence-electron chi connectivity index (χ3n) is 3.71. The average Bonchev–Trinajstić information content (AvgIpc) is 2.42. The van der Waals surface area contributed by atoms with E-state index in [0.29, 0.717) is 17.1 Å². The summed E-state index contributed by atoms with van der Waals surface area (Å²) in [4.78, 5) is 16.3. The lowest BCUT2D eigenvalue weighted by atomic mass is 9.89. The van der Waals surface area contributed by atoms with E-state index in [2.05, 4.69) is 17.2 Å². The summed E-state index contributed by atoms with van der Waals surface area (Å²) >= 11 is 6.09. The first-order valence-electron chi connectivity index (χ1n) is 7.14. The quantitative estimate of drug-likeness (QED) is 0.845. The number of aryl methyl sites for hydroxylation is 1. The Morgan fingerprint density at radius 1 is 1.42 bits per heavy atom. The number of halogens is 1. The van der Waals surface area contributed by atoms with Gasteiger partial charge in [-0.1, -0.05) is 6.92 Å². The molecule has 1 aliphatic carbocycles. The Labute approximate surface area is 119 Å². The fourth-order valence-electron chi connectivity index (χ4n) is 2.55. The van der Waals surface area contributed by atoms with Crippen molar-refractivity contribution < 1.29 is 0 Å². The number of aromatic nitrogens is 2. The highest BCUT2D eigenvalue weighted by molar-refractivity contribution is 6.20. The van der Waals surface area contributed by atoms with Crippen LogP contribution in [0.3, 0.4) is 0 Å². The van der Waals surface area contributed by atoms with Crippen LogP contribution in [0.1, 0.15) is 39.0 Å². The zero-order valence-electron chi connectivity index (χ0n) is 11.4. The van der Waals surface area contributed by atoms with Crippen LogP contribution in [-0.2, 0) is 6.54 Å². The Morgan fingerprint density at radius 3 is 2.84 bits per heavy atom. The van der Waals surface area contributed by atoms with Gasteiger partial charge in [0.1, 0.15) is 0 Å². The Bertz CT molecular complexity index is 452. The van der Waals surface area contributed by atoms with E-state index >= 15 is 0 Å². The van der Waals surface area contributed by atoms with E-state index in [0.717, 1.165) is 45.2 Å². The molecule has 0 unspecified atom stereocenters. The third kappa shape index (κ3) is 3.96. The van der Waals surface area contributed by atoms with Crippen molar-refractivity contribution in [2.24, 2.45) is 5.92 Å². The third-order valence-corrected chi connectivity index (χ3v) is 4.15. The van der Waals surface area contributed by atoms with Crippen molar-refractivity contribution in [3.63, 3.8) is 0 Å². The molecule has 0 amide bonds. The van der Waals surface area contributed by atoms with Crippen molar-refractivity contribution in [2.75, 3.05) is 11.9 Å². The first-order chi connectivity index (χ1) is 9.20. The van der Waals surface area contributed by atoms with Gasteiger partial charge in [0.2, 0.25) is 0 Å². The molecule has 1 saturated carbocycles. The molecule has 1 aromatic rings. The van der Waals surface area contributed by atoms with E-state index < -0.39 is 0 Å². The largest absolute Gasteiger partial charge is 0.365 e. The zero-order valence-corrected chi connectivity index (χ0v) is 12.2.